The van der Waals surface area contributed by atoms with Gasteiger partial charge in [-0.25, -0.2) is 9.97 Å². The van der Waals surface area contributed by atoms with E-state index in [9.17, 15) is 4.79 Å². The molecule has 1 saturated heterocycles. The van der Waals surface area contributed by atoms with Crippen LogP contribution in [0.4, 0.5) is 5.69 Å². The third kappa shape index (κ3) is 4.38. The number of piperidine rings is 1. The number of thiazole rings is 1. The molecule has 158 valence electrons. The van der Waals surface area contributed by atoms with Gasteiger partial charge < -0.3 is 9.88 Å². The van der Waals surface area contributed by atoms with Crippen LogP contribution in [0.1, 0.15) is 18.7 Å². The van der Waals surface area contributed by atoms with Crippen molar-refractivity contribution in [3.05, 3.63) is 66.7 Å². The van der Waals surface area contributed by atoms with Gasteiger partial charge in [0.15, 0.2) is 0 Å². The molecule has 7 heteroatoms. The first kappa shape index (κ1) is 19.9. The number of hydrogen-bond acceptors (Lipinski definition) is 5. The summed E-state index contributed by atoms with van der Waals surface area (Å²) in [5.74, 6) is 1.24. The number of imidazole rings is 1. The Bertz CT molecular complexity index is 1160. The molecular weight excluding hydrogens is 406 g/mol. The summed E-state index contributed by atoms with van der Waals surface area (Å²) in [7, 11) is 2.02. The van der Waals surface area contributed by atoms with Crippen molar-refractivity contribution in [1.82, 2.24) is 19.4 Å². The molecule has 1 amide bonds. The number of anilines is 1. The number of nitrogens with zero attached hydrogens (tertiary/aromatic N) is 4. The Labute approximate surface area is 185 Å². The first-order valence-corrected chi connectivity index (χ1v) is 11.4. The molecule has 0 radical (unpaired) electrons. The molecule has 0 spiro atoms. The predicted octanol–water partition coefficient (Wildman–Crippen LogP) is 4.55. The van der Waals surface area contributed by atoms with Crippen LogP contribution in [-0.2, 0) is 18.4 Å². The molecule has 31 heavy (non-hydrogen) atoms. The summed E-state index contributed by atoms with van der Waals surface area (Å²) in [4.78, 5) is 24.2. The van der Waals surface area contributed by atoms with Crippen molar-refractivity contribution in [2.24, 2.45) is 13.0 Å². The van der Waals surface area contributed by atoms with Crippen molar-refractivity contribution in [3.63, 3.8) is 0 Å². The van der Waals surface area contributed by atoms with Crippen LogP contribution >= 0.6 is 11.3 Å². The van der Waals surface area contributed by atoms with E-state index in [0.29, 0.717) is 0 Å². The van der Waals surface area contributed by atoms with E-state index in [1.807, 2.05) is 61.9 Å². The number of nitrogens with one attached hydrogen (secondary N) is 1. The number of hydrogen-bond donors (Lipinski definition) is 1. The smallest absolute Gasteiger partial charge is 0.227 e. The Morgan fingerprint density at radius 3 is 2.61 bits per heavy atom. The molecule has 6 nitrogen and oxygen atoms in total. The van der Waals surface area contributed by atoms with Crippen LogP contribution in [0.3, 0.4) is 0 Å². The van der Waals surface area contributed by atoms with Crippen LogP contribution in [0.5, 0.6) is 0 Å². The molecule has 2 aromatic heterocycles. The van der Waals surface area contributed by atoms with Gasteiger partial charge in [0.25, 0.3) is 0 Å². The highest BCUT2D eigenvalue weighted by Gasteiger charge is 2.25. The molecule has 0 bridgehead atoms. The fourth-order valence-corrected chi connectivity index (χ4v) is 5.01. The fourth-order valence-electron chi connectivity index (χ4n) is 4.04. The summed E-state index contributed by atoms with van der Waals surface area (Å²) in [6.45, 7) is 2.67. The number of amides is 1. The summed E-state index contributed by atoms with van der Waals surface area (Å²) in [5.41, 5.74) is 2.93. The Kier molecular flexibility index (Phi) is 5.53. The normalized spacial score (nSPS) is 15.4. The number of likely N-dealkylation sites (tertiary alicyclic amines) is 1. The van der Waals surface area contributed by atoms with Crippen molar-refractivity contribution < 1.29 is 4.79 Å². The Balaban J connectivity index is 1.17. The van der Waals surface area contributed by atoms with Gasteiger partial charge in [0, 0.05) is 36.6 Å². The van der Waals surface area contributed by atoms with Crippen molar-refractivity contribution in [3.8, 4) is 10.6 Å². The second kappa shape index (κ2) is 8.61. The molecule has 0 atom stereocenters. The molecule has 0 saturated carbocycles. The highest BCUT2D eigenvalue weighted by Crippen LogP contribution is 2.30. The minimum Gasteiger partial charge on any atom is -0.337 e. The third-order valence-corrected chi connectivity index (χ3v) is 7.02. The van der Waals surface area contributed by atoms with Gasteiger partial charge in [-0.15, -0.1) is 11.3 Å². The lowest BCUT2D eigenvalue weighted by Gasteiger charge is -2.30. The monoisotopic (exact) mass is 431 g/mol. The number of para-hydroxylation sites is 1. The average molecular weight is 432 g/mol. The average Bonchev–Trinajstić information content (AvgIpc) is 3.41. The zero-order valence-electron chi connectivity index (χ0n) is 17.5. The molecule has 4 aromatic rings. The maximum atomic E-state index is 12.8. The molecule has 3 heterocycles. The maximum Gasteiger partial charge on any atom is 0.227 e. The molecule has 1 N–H and O–H groups in total. The third-order valence-electron chi connectivity index (χ3n) is 5.94. The summed E-state index contributed by atoms with van der Waals surface area (Å²) in [6, 6.07) is 16.2. The van der Waals surface area contributed by atoms with Crippen LogP contribution in [0.2, 0.25) is 0 Å². The van der Waals surface area contributed by atoms with E-state index in [1.54, 1.807) is 11.3 Å². The lowest BCUT2D eigenvalue weighted by molar-refractivity contribution is -0.121. The highest BCUT2D eigenvalue weighted by atomic mass is 32.1. The SMILES string of the molecule is Cn1ccnc1CN1CCC(C(=O)Nc2ccc(-c3nc4ccccc4s3)cc2)CC1. The van der Waals surface area contributed by atoms with E-state index in [4.69, 9.17) is 4.98 Å². The van der Waals surface area contributed by atoms with Gasteiger partial charge in [0.05, 0.1) is 16.8 Å². The summed E-state index contributed by atoms with van der Waals surface area (Å²) >= 11 is 1.69. The first-order chi connectivity index (χ1) is 15.2. The van der Waals surface area contributed by atoms with Gasteiger partial charge in [-0.05, 0) is 62.3 Å². The van der Waals surface area contributed by atoms with E-state index < -0.39 is 0 Å². The standard InChI is InChI=1S/C24H25N5OS/c1-28-15-12-25-22(28)16-29-13-10-17(11-14-29)23(30)26-19-8-6-18(7-9-19)24-27-20-4-2-3-5-21(20)31-24/h2-9,12,15,17H,10-11,13-14,16H2,1H3,(H,26,30). The lowest BCUT2D eigenvalue weighted by atomic mass is 9.95. The molecule has 1 aliphatic rings. The Hall–Kier alpha value is -3.03. The van der Waals surface area contributed by atoms with Gasteiger partial charge in [0.1, 0.15) is 10.8 Å². The van der Waals surface area contributed by atoms with Gasteiger partial charge in [-0.2, -0.15) is 0 Å². The Morgan fingerprint density at radius 2 is 1.90 bits per heavy atom. The number of benzene rings is 2. The van der Waals surface area contributed by atoms with Crippen molar-refractivity contribution in [2.75, 3.05) is 18.4 Å². The number of fused-ring (bicyclic) bond motifs is 1. The van der Waals surface area contributed by atoms with E-state index >= 15 is 0 Å². The minimum absolute atomic E-state index is 0.0570. The summed E-state index contributed by atoms with van der Waals surface area (Å²) in [5, 5.41) is 4.09. The maximum absolute atomic E-state index is 12.8. The number of carbonyl (C=O) groups excluding carboxylic acids is 1. The van der Waals surface area contributed by atoms with Crippen LogP contribution in [0.15, 0.2) is 60.9 Å². The van der Waals surface area contributed by atoms with E-state index in [1.165, 1.54) is 4.70 Å². The number of rotatable bonds is 5. The minimum atomic E-state index is 0.0570. The molecule has 2 aromatic carbocycles. The van der Waals surface area contributed by atoms with Crippen LogP contribution in [0.25, 0.3) is 20.8 Å². The fraction of sp³-hybridized carbons (Fsp3) is 0.292. The molecule has 1 fully saturated rings. The van der Waals surface area contributed by atoms with Gasteiger partial charge >= 0.3 is 0 Å². The van der Waals surface area contributed by atoms with Crippen molar-refractivity contribution >= 4 is 33.1 Å². The number of aryl methyl sites for hydroxylation is 1. The van der Waals surface area contributed by atoms with Crippen LogP contribution in [-0.4, -0.2) is 38.4 Å². The first-order valence-electron chi connectivity index (χ1n) is 10.6. The summed E-state index contributed by atoms with van der Waals surface area (Å²) in [6.07, 6.45) is 5.55. The molecule has 1 aliphatic heterocycles. The molecular formula is C24H25N5OS. The zero-order chi connectivity index (χ0) is 21.2. The molecule has 0 aliphatic carbocycles. The van der Waals surface area contributed by atoms with Crippen LogP contribution < -0.4 is 5.32 Å². The molecule has 0 unspecified atom stereocenters. The Morgan fingerprint density at radius 1 is 1.13 bits per heavy atom. The van der Waals surface area contributed by atoms with Crippen molar-refractivity contribution in [2.45, 2.75) is 19.4 Å². The van der Waals surface area contributed by atoms with Gasteiger partial charge in [-0.3, -0.25) is 9.69 Å². The predicted molar refractivity (Wildman–Crippen MR) is 125 cm³/mol. The van der Waals surface area contributed by atoms with Gasteiger partial charge in [-0.1, -0.05) is 12.1 Å². The van der Waals surface area contributed by atoms with E-state index in [0.717, 1.165) is 60.1 Å². The largest absolute Gasteiger partial charge is 0.337 e. The van der Waals surface area contributed by atoms with E-state index in [2.05, 4.69) is 25.8 Å². The van der Waals surface area contributed by atoms with Crippen molar-refractivity contribution in [1.29, 1.82) is 0 Å². The molecule has 5 rings (SSSR count). The van der Waals surface area contributed by atoms with Gasteiger partial charge in [0.2, 0.25) is 5.91 Å². The zero-order valence-corrected chi connectivity index (χ0v) is 18.3. The number of aromatic nitrogens is 3. The topological polar surface area (TPSA) is 63.1 Å². The summed E-state index contributed by atoms with van der Waals surface area (Å²) < 4.78 is 3.24. The quantitative estimate of drug-likeness (QED) is 0.504. The lowest BCUT2D eigenvalue weighted by Crippen LogP contribution is -2.38. The van der Waals surface area contributed by atoms with E-state index in [-0.39, 0.29) is 11.8 Å². The number of carbonyl (C=O) groups is 1. The van der Waals surface area contributed by atoms with Crippen LogP contribution in [0, 0.1) is 5.92 Å². The second-order valence-corrected chi connectivity index (χ2v) is 9.09. The second-order valence-electron chi connectivity index (χ2n) is 8.06. The highest BCUT2D eigenvalue weighted by molar-refractivity contribution is 7.21.